The van der Waals surface area contributed by atoms with Crippen LogP contribution in [0.25, 0.3) is 11.0 Å². The van der Waals surface area contributed by atoms with Gasteiger partial charge in [0, 0.05) is 18.2 Å². The van der Waals surface area contributed by atoms with Crippen molar-refractivity contribution in [1.82, 2.24) is 14.9 Å². The molecule has 2 aromatic rings. The van der Waals surface area contributed by atoms with Gasteiger partial charge in [-0.25, -0.2) is 4.98 Å². The molecule has 0 saturated heterocycles. The van der Waals surface area contributed by atoms with E-state index in [0.29, 0.717) is 17.4 Å². The van der Waals surface area contributed by atoms with Crippen LogP contribution in [0.15, 0.2) is 18.2 Å². The summed E-state index contributed by atoms with van der Waals surface area (Å²) in [7, 11) is 0. The molecule has 1 heterocycles. The molecule has 0 aliphatic heterocycles. The van der Waals surface area contributed by atoms with Gasteiger partial charge in [0.25, 0.3) is 5.91 Å². The van der Waals surface area contributed by atoms with Gasteiger partial charge in [-0.1, -0.05) is 6.92 Å². The lowest BCUT2D eigenvalue weighted by Gasteiger charge is -2.09. The Kier molecular flexibility index (Phi) is 4.10. The van der Waals surface area contributed by atoms with Crippen LogP contribution in [0.2, 0.25) is 5.28 Å². The zero-order chi connectivity index (χ0) is 14.0. The van der Waals surface area contributed by atoms with Gasteiger partial charge in [0.15, 0.2) is 0 Å². The predicted octanol–water partition coefficient (Wildman–Crippen LogP) is 3.41. The van der Waals surface area contributed by atoms with Crippen molar-refractivity contribution in [2.75, 3.05) is 6.54 Å². The standard InChI is InChI=1S/C14H18ClN3O/c1-4-7-16-13(19)10-5-6-12-11(8-10)17-14(15)18(12)9(2)3/h5-6,8-9H,4,7H2,1-3H3,(H,16,19). The molecule has 0 aliphatic rings. The van der Waals surface area contributed by atoms with E-state index in [1.807, 2.05) is 23.6 Å². The highest BCUT2D eigenvalue weighted by molar-refractivity contribution is 6.29. The molecule has 0 unspecified atom stereocenters. The Bertz CT molecular complexity index is 604. The summed E-state index contributed by atoms with van der Waals surface area (Å²) in [5, 5.41) is 3.31. The average molecular weight is 280 g/mol. The molecule has 0 saturated carbocycles. The maximum Gasteiger partial charge on any atom is 0.251 e. The molecular formula is C14H18ClN3O. The number of rotatable bonds is 4. The first-order valence-electron chi connectivity index (χ1n) is 6.50. The highest BCUT2D eigenvalue weighted by Crippen LogP contribution is 2.24. The number of benzene rings is 1. The van der Waals surface area contributed by atoms with Crippen molar-refractivity contribution in [2.45, 2.75) is 33.2 Å². The van der Waals surface area contributed by atoms with Crippen LogP contribution in [0.5, 0.6) is 0 Å². The summed E-state index contributed by atoms with van der Waals surface area (Å²) in [6.45, 7) is 6.80. The maximum absolute atomic E-state index is 11.9. The third-order valence-corrected chi connectivity index (χ3v) is 3.23. The van der Waals surface area contributed by atoms with Crippen molar-refractivity contribution in [3.05, 3.63) is 29.0 Å². The van der Waals surface area contributed by atoms with Crippen molar-refractivity contribution in [2.24, 2.45) is 0 Å². The van der Waals surface area contributed by atoms with Crippen LogP contribution < -0.4 is 5.32 Å². The van der Waals surface area contributed by atoms with Crippen LogP contribution in [0, 0.1) is 0 Å². The summed E-state index contributed by atoms with van der Waals surface area (Å²) in [4.78, 5) is 16.2. The fourth-order valence-electron chi connectivity index (χ4n) is 2.04. The molecule has 4 nitrogen and oxygen atoms in total. The van der Waals surface area contributed by atoms with Gasteiger partial charge in [0.2, 0.25) is 5.28 Å². The molecule has 0 radical (unpaired) electrons. The molecule has 0 atom stereocenters. The van der Waals surface area contributed by atoms with Crippen molar-refractivity contribution >= 4 is 28.5 Å². The second-order valence-corrected chi connectivity index (χ2v) is 5.14. The van der Waals surface area contributed by atoms with Gasteiger partial charge in [-0.15, -0.1) is 0 Å². The van der Waals surface area contributed by atoms with E-state index < -0.39 is 0 Å². The summed E-state index contributed by atoms with van der Waals surface area (Å²) < 4.78 is 1.95. The summed E-state index contributed by atoms with van der Waals surface area (Å²) in [6, 6.07) is 5.72. The molecule has 1 aromatic carbocycles. The number of halogens is 1. The molecule has 1 N–H and O–H groups in total. The SMILES string of the molecule is CCCNC(=O)c1ccc2c(c1)nc(Cl)n2C(C)C. The number of fused-ring (bicyclic) bond motifs is 1. The smallest absolute Gasteiger partial charge is 0.251 e. The molecule has 0 fully saturated rings. The monoisotopic (exact) mass is 279 g/mol. The van der Waals surface area contributed by atoms with Crippen molar-refractivity contribution in [3.63, 3.8) is 0 Å². The molecule has 0 bridgehead atoms. The summed E-state index contributed by atoms with van der Waals surface area (Å²) >= 11 is 6.13. The van der Waals surface area contributed by atoms with Crippen LogP contribution >= 0.6 is 11.6 Å². The Morgan fingerprint density at radius 3 is 2.84 bits per heavy atom. The van der Waals surface area contributed by atoms with Crippen molar-refractivity contribution in [1.29, 1.82) is 0 Å². The Hall–Kier alpha value is -1.55. The molecule has 1 amide bonds. The van der Waals surface area contributed by atoms with E-state index in [4.69, 9.17) is 11.6 Å². The lowest BCUT2D eigenvalue weighted by atomic mass is 10.2. The van der Waals surface area contributed by atoms with Gasteiger partial charge in [-0.05, 0) is 50.1 Å². The average Bonchev–Trinajstić information content (AvgIpc) is 2.70. The van der Waals surface area contributed by atoms with Crippen LogP contribution in [-0.4, -0.2) is 22.0 Å². The number of nitrogens with one attached hydrogen (secondary N) is 1. The van der Waals surface area contributed by atoms with Crippen LogP contribution in [-0.2, 0) is 0 Å². The molecule has 5 heteroatoms. The van der Waals surface area contributed by atoms with Gasteiger partial charge in [0.1, 0.15) is 0 Å². The van der Waals surface area contributed by atoms with Crippen LogP contribution in [0.3, 0.4) is 0 Å². The second kappa shape index (κ2) is 5.61. The van der Waals surface area contributed by atoms with E-state index in [-0.39, 0.29) is 11.9 Å². The van der Waals surface area contributed by atoms with Gasteiger partial charge in [0.05, 0.1) is 11.0 Å². The minimum Gasteiger partial charge on any atom is -0.352 e. The minimum atomic E-state index is -0.0704. The normalized spacial score (nSPS) is 11.2. The number of carbonyl (C=O) groups excluding carboxylic acids is 1. The maximum atomic E-state index is 11.9. The number of hydrogen-bond acceptors (Lipinski definition) is 2. The van der Waals surface area contributed by atoms with E-state index in [9.17, 15) is 4.79 Å². The lowest BCUT2D eigenvalue weighted by Crippen LogP contribution is -2.23. The van der Waals surface area contributed by atoms with Crippen molar-refractivity contribution < 1.29 is 4.79 Å². The van der Waals surface area contributed by atoms with Gasteiger partial charge >= 0.3 is 0 Å². The minimum absolute atomic E-state index is 0.0704. The third-order valence-electron chi connectivity index (χ3n) is 2.96. The largest absolute Gasteiger partial charge is 0.352 e. The van der Waals surface area contributed by atoms with E-state index in [2.05, 4.69) is 24.1 Å². The molecule has 102 valence electrons. The van der Waals surface area contributed by atoms with Gasteiger partial charge < -0.3 is 9.88 Å². The predicted molar refractivity (Wildman–Crippen MR) is 77.8 cm³/mol. The lowest BCUT2D eigenvalue weighted by molar-refractivity contribution is 0.0954. The Labute approximate surface area is 117 Å². The number of imidazole rings is 1. The fraction of sp³-hybridized carbons (Fsp3) is 0.429. The van der Waals surface area contributed by atoms with E-state index in [1.165, 1.54) is 0 Å². The van der Waals surface area contributed by atoms with Crippen LogP contribution in [0.1, 0.15) is 43.6 Å². The number of amides is 1. The Balaban J connectivity index is 2.39. The quantitative estimate of drug-likeness (QED) is 0.932. The summed E-state index contributed by atoms with van der Waals surface area (Å²) in [6.07, 6.45) is 0.918. The van der Waals surface area contributed by atoms with E-state index in [0.717, 1.165) is 17.5 Å². The highest BCUT2D eigenvalue weighted by atomic mass is 35.5. The first kappa shape index (κ1) is 13.9. The zero-order valence-corrected chi connectivity index (χ0v) is 12.2. The molecule has 19 heavy (non-hydrogen) atoms. The van der Waals surface area contributed by atoms with Gasteiger partial charge in [-0.3, -0.25) is 4.79 Å². The summed E-state index contributed by atoms with van der Waals surface area (Å²) in [5.41, 5.74) is 2.32. The van der Waals surface area contributed by atoms with E-state index in [1.54, 1.807) is 6.07 Å². The molecule has 0 spiro atoms. The zero-order valence-electron chi connectivity index (χ0n) is 11.4. The molecule has 1 aromatic heterocycles. The number of aromatic nitrogens is 2. The number of hydrogen-bond donors (Lipinski definition) is 1. The Morgan fingerprint density at radius 1 is 1.47 bits per heavy atom. The number of nitrogens with zero attached hydrogens (tertiary/aromatic N) is 2. The first-order chi connectivity index (χ1) is 9.04. The Morgan fingerprint density at radius 2 is 2.21 bits per heavy atom. The van der Waals surface area contributed by atoms with Gasteiger partial charge in [-0.2, -0.15) is 0 Å². The van der Waals surface area contributed by atoms with E-state index >= 15 is 0 Å². The van der Waals surface area contributed by atoms with Crippen molar-refractivity contribution in [3.8, 4) is 0 Å². The van der Waals surface area contributed by atoms with Crippen LogP contribution in [0.4, 0.5) is 0 Å². The number of carbonyl (C=O) groups is 1. The second-order valence-electron chi connectivity index (χ2n) is 4.80. The fourth-order valence-corrected chi connectivity index (χ4v) is 2.42. The topological polar surface area (TPSA) is 46.9 Å². The first-order valence-corrected chi connectivity index (χ1v) is 6.88. The molecular weight excluding hydrogens is 262 g/mol. The summed E-state index contributed by atoms with van der Waals surface area (Å²) in [5.74, 6) is -0.0704. The third kappa shape index (κ3) is 2.73. The highest BCUT2D eigenvalue weighted by Gasteiger charge is 2.13. The molecule has 0 aliphatic carbocycles. The molecule has 2 rings (SSSR count).